The molecular formula is C22H24N4O3S. The number of benzene rings is 2. The Morgan fingerprint density at radius 3 is 2.40 bits per heavy atom. The lowest BCUT2D eigenvalue weighted by atomic mass is 10.0. The molecule has 0 fully saturated rings. The maximum Gasteiger partial charge on any atom is 0.299 e. The van der Waals surface area contributed by atoms with Crippen molar-refractivity contribution in [2.75, 3.05) is 16.2 Å². The lowest BCUT2D eigenvalue weighted by Crippen LogP contribution is -2.31. The summed E-state index contributed by atoms with van der Waals surface area (Å²) in [6, 6.07) is 17.0. The van der Waals surface area contributed by atoms with E-state index in [-0.39, 0.29) is 19.0 Å². The predicted octanol–water partition coefficient (Wildman–Crippen LogP) is 3.22. The average molecular weight is 425 g/mol. The quantitative estimate of drug-likeness (QED) is 0.637. The van der Waals surface area contributed by atoms with Crippen molar-refractivity contribution in [3.05, 3.63) is 78.1 Å². The molecule has 0 saturated carbocycles. The Balaban J connectivity index is 1.77. The van der Waals surface area contributed by atoms with Gasteiger partial charge in [-0.25, -0.2) is 0 Å². The molecule has 30 heavy (non-hydrogen) atoms. The van der Waals surface area contributed by atoms with Crippen LogP contribution in [-0.2, 0) is 34.4 Å². The Hall–Kier alpha value is -3.10. The first-order valence-electron chi connectivity index (χ1n) is 9.89. The smallest absolute Gasteiger partial charge is 0.299 e. The van der Waals surface area contributed by atoms with E-state index in [1.165, 1.54) is 0 Å². The van der Waals surface area contributed by atoms with Crippen molar-refractivity contribution in [3.8, 4) is 0 Å². The molecular weight excluding hydrogens is 400 g/mol. The monoisotopic (exact) mass is 424 g/mol. The van der Waals surface area contributed by atoms with Crippen LogP contribution < -0.4 is 14.3 Å². The summed E-state index contributed by atoms with van der Waals surface area (Å²) in [5.41, 5.74) is 4.03. The number of nitrogens with zero attached hydrogens (tertiary/aromatic N) is 2. The van der Waals surface area contributed by atoms with E-state index in [0.717, 1.165) is 29.7 Å². The summed E-state index contributed by atoms with van der Waals surface area (Å²) in [5, 5.41) is 0. The van der Waals surface area contributed by atoms with Crippen LogP contribution in [0.2, 0.25) is 0 Å². The molecule has 1 amide bonds. The highest BCUT2D eigenvalue weighted by molar-refractivity contribution is 7.90. The molecule has 0 bridgehead atoms. The molecule has 2 heterocycles. The van der Waals surface area contributed by atoms with E-state index in [4.69, 9.17) is 0 Å². The summed E-state index contributed by atoms with van der Waals surface area (Å²) in [4.78, 5) is 15.1. The van der Waals surface area contributed by atoms with E-state index in [1.807, 2.05) is 59.4 Å². The first kappa shape index (κ1) is 20.2. The van der Waals surface area contributed by atoms with Crippen molar-refractivity contribution in [2.24, 2.45) is 0 Å². The van der Waals surface area contributed by atoms with Crippen LogP contribution in [0.1, 0.15) is 18.1 Å². The van der Waals surface area contributed by atoms with Gasteiger partial charge in [-0.05, 0) is 54.3 Å². The molecule has 1 aromatic heterocycles. The van der Waals surface area contributed by atoms with Gasteiger partial charge in [-0.1, -0.05) is 31.2 Å². The Morgan fingerprint density at radius 2 is 1.67 bits per heavy atom. The molecule has 0 unspecified atom stereocenters. The number of rotatable bonds is 6. The third kappa shape index (κ3) is 4.24. The summed E-state index contributed by atoms with van der Waals surface area (Å²) < 4.78 is 31.1. The molecule has 4 rings (SSSR count). The number of amides is 1. The van der Waals surface area contributed by atoms with Gasteiger partial charge < -0.3 is 4.57 Å². The number of aryl methyl sites for hydroxylation is 2. The summed E-state index contributed by atoms with van der Waals surface area (Å²) in [6.07, 6.45) is 5.27. The topological polar surface area (TPSA) is 83.4 Å². The van der Waals surface area contributed by atoms with E-state index in [0.29, 0.717) is 11.4 Å². The lowest BCUT2D eigenvalue weighted by Gasteiger charge is -2.26. The molecule has 2 aromatic carbocycles. The SMILES string of the molecule is CCNS(=O)(=O)Nc1ccc2c(c1)N(C(=O)Cn1cccc1)c1ccccc1CC2. The third-order valence-corrected chi connectivity index (χ3v) is 6.22. The minimum Gasteiger partial charge on any atom is -0.345 e. The molecule has 2 N–H and O–H groups in total. The number of hydrogen-bond donors (Lipinski definition) is 2. The molecule has 3 aromatic rings. The number of para-hydroxylation sites is 1. The van der Waals surface area contributed by atoms with Gasteiger partial charge in [0, 0.05) is 18.9 Å². The second kappa shape index (κ2) is 8.33. The molecule has 0 saturated heterocycles. The second-order valence-electron chi connectivity index (χ2n) is 7.16. The first-order valence-corrected chi connectivity index (χ1v) is 11.4. The molecule has 8 heteroatoms. The largest absolute Gasteiger partial charge is 0.345 e. The minimum absolute atomic E-state index is 0.0894. The van der Waals surface area contributed by atoms with Gasteiger partial charge in [-0.15, -0.1) is 0 Å². The van der Waals surface area contributed by atoms with Gasteiger partial charge in [0.25, 0.3) is 16.1 Å². The highest BCUT2D eigenvalue weighted by Gasteiger charge is 2.26. The first-order chi connectivity index (χ1) is 14.5. The molecule has 1 aliphatic rings. The average Bonchev–Trinajstić information content (AvgIpc) is 3.15. The van der Waals surface area contributed by atoms with Crippen LogP contribution in [0.3, 0.4) is 0 Å². The Kier molecular flexibility index (Phi) is 5.61. The van der Waals surface area contributed by atoms with Crippen molar-refractivity contribution in [1.29, 1.82) is 0 Å². The van der Waals surface area contributed by atoms with E-state index >= 15 is 0 Å². The van der Waals surface area contributed by atoms with Crippen molar-refractivity contribution in [3.63, 3.8) is 0 Å². The maximum atomic E-state index is 13.4. The fourth-order valence-corrected chi connectivity index (χ4v) is 4.63. The third-order valence-electron chi connectivity index (χ3n) is 5.04. The summed E-state index contributed by atoms with van der Waals surface area (Å²) in [7, 11) is -3.67. The van der Waals surface area contributed by atoms with Crippen molar-refractivity contribution in [2.45, 2.75) is 26.3 Å². The van der Waals surface area contributed by atoms with Crippen LogP contribution in [0.25, 0.3) is 0 Å². The molecule has 0 aliphatic carbocycles. The van der Waals surface area contributed by atoms with Crippen molar-refractivity contribution < 1.29 is 13.2 Å². The zero-order chi connectivity index (χ0) is 21.1. The van der Waals surface area contributed by atoms with Gasteiger partial charge in [0.2, 0.25) is 0 Å². The molecule has 1 aliphatic heterocycles. The number of fused-ring (bicyclic) bond motifs is 2. The van der Waals surface area contributed by atoms with Crippen LogP contribution in [0.5, 0.6) is 0 Å². The predicted molar refractivity (Wildman–Crippen MR) is 118 cm³/mol. The van der Waals surface area contributed by atoms with E-state index < -0.39 is 10.2 Å². The number of nitrogens with one attached hydrogen (secondary N) is 2. The fourth-order valence-electron chi connectivity index (χ4n) is 3.74. The van der Waals surface area contributed by atoms with Gasteiger partial charge in [0.1, 0.15) is 6.54 Å². The molecule has 156 valence electrons. The highest BCUT2D eigenvalue weighted by atomic mass is 32.2. The molecule has 0 spiro atoms. The number of carbonyl (C=O) groups is 1. The Bertz CT molecular complexity index is 1160. The molecule has 7 nitrogen and oxygen atoms in total. The van der Waals surface area contributed by atoms with E-state index in [1.54, 1.807) is 24.0 Å². The zero-order valence-electron chi connectivity index (χ0n) is 16.7. The van der Waals surface area contributed by atoms with Crippen LogP contribution >= 0.6 is 0 Å². The van der Waals surface area contributed by atoms with Crippen molar-refractivity contribution >= 4 is 33.2 Å². The number of carbonyl (C=O) groups excluding carboxylic acids is 1. The normalized spacial score (nSPS) is 13.3. The number of aromatic nitrogens is 1. The summed E-state index contributed by atoms with van der Waals surface area (Å²) in [6.45, 7) is 2.19. The number of anilines is 3. The molecule has 0 radical (unpaired) electrons. The zero-order valence-corrected chi connectivity index (χ0v) is 17.5. The minimum atomic E-state index is -3.67. The Morgan fingerprint density at radius 1 is 0.967 bits per heavy atom. The van der Waals surface area contributed by atoms with Gasteiger partial charge in [-0.2, -0.15) is 13.1 Å². The van der Waals surface area contributed by atoms with E-state index in [2.05, 4.69) is 9.44 Å². The van der Waals surface area contributed by atoms with Gasteiger partial charge in [-0.3, -0.25) is 14.4 Å². The maximum absolute atomic E-state index is 13.4. The van der Waals surface area contributed by atoms with Crippen LogP contribution in [0.4, 0.5) is 17.1 Å². The van der Waals surface area contributed by atoms with Crippen LogP contribution in [0.15, 0.2) is 67.0 Å². The Labute approximate surface area is 176 Å². The molecule has 0 atom stereocenters. The summed E-state index contributed by atoms with van der Waals surface area (Å²) >= 11 is 0. The van der Waals surface area contributed by atoms with Crippen molar-refractivity contribution in [1.82, 2.24) is 9.29 Å². The van der Waals surface area contributed by atoms with Crippen LogP contribution in [-0.4, -0.2) is 25.4 Å². The van der Waals surface area contributed by atoms with Gasteiger partial charge in [0.15, 0.2) is 0 Å². The van der Waals surface area contributed by atoms with E-state index in [9.17, 15) is 13.2 Å². The summed E-state index contributed by atoms with van der Waals surface area (Å²) in [5.74, 6) is -0.0894. The standard InChI is InChI=1S/C22H24N4O3S/c1-2-23-30(28,29)24-19-12-11-18-10-9-17-7-3-4-8-20(17)26(21(18)15-19)22(27)16-25-13-5-6-14-25/h3-8,11-15,23-24H,2,9-10,16H2,1H3. The van der Waals surface area contributed by atoms with Gasteiger partial charge >= 0.3 is 0 Å². The highest BCUT2D eigenvalue weighted by Crippen LogP contribution is 2.38. The van der Waals surface area contributed by atoms with Crippen LogP contribution in [0, 0.1) is 0 Å². The number of hydrogen-bond acceptors (Lipinski definition) is 3. The van der Waals surface area contributed by atoms with Gasteiger partial charge in [0.05, 0.1) is 17.1 Å². The lowest BCUT2D eigenvalue weighted by molar-refractivity contribution is -0.118. The fraction of sp³-hybridized carbons (Fsp3) is 0.227. The second-order valence-corrected chi connectivity index (χ2v) is 8.66.